The van der Waals surface area contributed by atoms with Crippen molar-refractivity contribution in [3.05, 3.63) is 32.2 Å². The molecule has 0 heterocycles. The number of nitriles is 1. The van der Waals surface area contributed by atoms with Crippen molar-refractivity contribution < 1.29 is 9.53 Å². The molecular formula is C18H20Br2N2O2. The molecule has 1 fully saturated rings. The highest BCUT2D eigenvalue weighted by molar-refractivity contribution is 9.11. The van der Waals surface area contributed by atoms with Gasteiger partial charge in [-0.2, -0.15) is 5.26 Å². The van der Waals surface area contributed by atoms with Gasteiger partial charge in [0.1, 0.15) is 17.4 Å². The van der Waals surface area contributed by atoms with Crippen LogP contribution in [0.25, 0.3) is 6.08 Å². The van der Waals surface area contributed by atoms with Crippen LogP contribution in [0.2, 0.25) is 0 Å². The molecule has 1 aromatic rings. The van der Waals surface area contributed by atoms with Crippen molar-refractivity contribution in [1.29, 1.82) is 5.26 Å². The van der Waals surface area contributed by atoms with Gasteiger partial charge in [0, 0.05) is 6.04 Å². The van der Waals surface area contributed by atoms with Gasteiger partial charge >= 0.3 is 0 Å². The van der Waals surface area contributed by atoms with Crippen molar-refractivity contribution in [2.24, 2.45) is 5.92 Å². The van der Waals surface area contributed by atoms with E-state index in [0.717, 1.165) is 33.8 Å². The van der Waals surface area contributed by atoms with E-state index >= 15 is 0 Å². The van der Waals surface area contributed by atoms with Crippen LogP contribution in [-0.4, -0.2) is 19.1 Å². The number of methoxy groups -OCH3 is 1. The van der Waals surface area contributed by atoms with E-state index in [0.29, 0.717) is 11.7 Å². The predicted molar refractivity (Wildman–Crippen MR) is 102 cm³/mol. The van der Waals surface area contributed by atoms with E-state index in [1.54, 1.807) is 13.2 Å². The Kier molecular flexibility index (Phi) is 6.88. The normalized spacial score (nSPS) is 21.0. The number of carbonyl (C=O) groups excluding carboxylic acids is 1. The first kappa shape index (κ1) is 19.0. The maximum Gasteiger partial charge on any atom is 0.262 e. The Bertz CT molecular complexity index is 672. The largest absolute Gasteiger partial charge is 0.494 e. The van der Waals surface area contributed by atoms with Crippen molar-refractivity contribution >= 4 is 43.8 Å². The minimum absolute atomic E-state index is 0.108. The number of rotatable bonds is 4. The lowest BCUT2D eigenvalue weighted by atomic mass is 9.86. The summed E-state index contributed by atoms with van der Waals surface area (Å²) in [6.45, 7) is 2.15. The molecule has 128 valence electrons. The van der Waals surface area contributed by atoms with Gasteiger partial charge in [0.25, 0.3) is 5.91 Å². The summed E-state index contributed by atoms with van der Waals surface area (Å²) in [4.78, 5) is 12.4. The first-order chi connectivity index (χ1) is 11.5. The molecule has 1 N–H and O–H groups in total. The second-order valence-electron chi connectivity index (χ2n) is 6.03. The number of hydrogen-bond acceptors (Lipinski definition) is 3. The van der Waals surface area contributed by atoms with Gasteiger partial charge < -0.3 is 10.1 Å². The summed E-state index contributed by atoms with van der Waals surface area (Å²) < 4.78 is 6.77. The third-order valence-corrected chi connectivity index (χ3v) is 5.51. The van der Waals surface area contributed by atoms with Crippen LogP contribution in [0.3, 0.4) is 0 Å². The molecule has 2 atom stereocenters. The number of amides is 1. The molecule has 0 aliphatic heterocycles. The highest BCUT2D eigenvalue weighted by Crippen LogP contribution is 2.35. The number of carbonyl (C=O) groups is 1. The number of nitrogens with zero attached hydrogens (tertiary/aromatic N) is 1. The van der Waals surface area contributed by atoms with Gasteiger partial charge in [-0.05, 0) is 74.4 Å². The summed E-state index contributed by atoms with van der Waals surface area (Å²) >= 11 is 6.85. The average Bonchev–Trinajstić information content (AvgIpc) is 2.54. The highest BCUT2D eigenvalue weighted by atomic mass is 79.9. The van der Waals surface area contributed by atoms with Crippen molar-refractivity contribution in [3.8, 4) is 11.8 Å². The SMILES string of the molecule is COc1c(Br)cc(C=C(C#N)C(=O)NC2CCCCC2C)cc1Br. The number of ether oxygens (including phenoxy) is 1. The van der Waals surface area contributed by atoms with E-state index in [1.165, 1.54) is 6.42 Å². The van der Waals surface area contributed by atoms with Crippen LogP contribution in [0.1, 0.15) is 38.2 Å². The molecule has 1 aromatic carbocycles. The molecule has 0 saturated heterocycles. The maximum atomic E-state index is 12.4. The Morgan fingerprint density at radius 1 is 1.33 bits per heavy atom. The van der Waals surface area contributed by atoms with E-state index < -0.39 is 0 Å². The Hall–Kier alpha value is -1.32. The molecule has 2 rings (SSSR count). The van der Waals surface area contributed by atoms with Gasteiger partial charge in [0.15, 0.2) is 0 Å². The Morgan fingerprint density at radius 3 is 2.50 bits per heavy atom. The van der Waals surface area contributed by atoms with E-state index in [2.05, 4.69) is 44.1 Å². The van der Waals surface area contributed by atoms with Crippen LogP contribution >= 0.6 is 31.9 Å². The van der Waals surface area contributed by atoms with Gasteiger partial charge in [-0.1, -0.05) is 19.8 Å². The van der Waals surface area contributed by atoms with E-state index in [9.17, 15) is 10.1 Å². The van der Waals surface area contributed by atoms with Gasteiger partial charge in [-0.3, -0.25) is 4.79 Å². The second-order valence-corrected chi connectivity index (χ2v) is 7.74. The molecule has 0 radical (unpaired) electrons. The summed E-state index contributed by atoms with van der Waals surface area (Å²) in [6.07, 6.45) is 6.03. The number of benzene rings is 1. The molecule has 1 saturated carbocycles. The molecule has 4 nitrogen and oxygen atoms in total. The lowest BCUT2D eigenvalue weighted by molar-refractivity contribution is -0.118. The smallest absolute Gasteiger partial charge is 0.262 e. The molecule has 0 bridgehead atoms. The number of nitrogens with one attached hydrogen (secondary N) is 1. The lowest BCUT2D eigenvalue weighted by Crippen LogP contribution is -2.41. The fourth-order valence-corrected chi connectivity index (χ4v) is 4.50. The van der Waals surface area contributed by atoms with Crippen LogP contribution in [0, 0.1) is 17.2 Å². The molecule has 1 amide bonds. The quantitative estimate of drug-likeness (QED) is 0.522. The molecule has 2 unspecified atom stereocenters. The molecule has 6 heteroatoms. The van der Waals surface area contributed by atoms with Crippen molar-refractivity contribution in [1.82, 2.24) is 5.32 Å². The first-order valence-corrected chi connectivity index (χ1v) is 9.50. The van der Waals surface area contributed by atoms with E-state index in [4.69, 9.17) is 4.74 Å². The van der Waals surface area contributed by atoms with Gasteiger partial charge in [-0.15, -0.1) is 0 Å². The minimum Gasteiger partial charge on any atom is -0.494 e. The summed E-state index contributed by atoms with van der Waals surface area (Å²) in [5.41, 5.74) is 0.856. The van der Waals surface area contributed by atoms with Gasteiger partial charge in [0.05, 0.1) is 16.1 Å². The topological polar surface area (TPSA) is 62.1 Å². The lowest BCUT2D eigenvalue weighted by Gasteiger charge is -2.29. The monoisotopic (exact) mass is 454 g/mol. The fraction of sp³-hybridized carbons (Fsp3) is 0.444. The van der Waals surface area contributed by atoms with Crippen LogP contribution in [0.5, 0.6) is 5.75 Å². The number of halogens is 2. The molecular weight excluding hydrogens is 436 g/mol. The molecule has 0 aromatic heterocycles. The predicted octanol–water partition coefficient (Wildman–Crippen LogP) is 4.82. The van der Waals surface area contributed by atoms with E-state index in [-0.39, 0.29) is 17.5 Å². The highest BCUT2D eigenvalue weighted by Gasteiger charge is 2.24. The van der Waals surface area contributed by atoms with Gasteiger partial charge in [0.2, 0.25) is 0 Å². The first-order valence-electron chi connectivity index (χ1n) is 7.92. The summed E-state index contributed by atoms with van der Waals surface area (Å²) in [6, 6.07) is 5.79. The Morgan fingerprint density at radius 2 is 1.96 bits per heavy atom. The van der Waals surface area contributed by atoms with Crippen molar-refractivity contribution in [2.45, 2.75) is 38.6 Å². The Balaban J connectivity index is 2.19. The molecule has 24 heavy (non-hydrogen) atoms. The minimum atomic E-state index is -0.306. The number of hydrogen-bond donors (Lipinski definition) is 1. The third-order valence-electron chi connectivity index (χ3n) is 4.33. The summed E-state index contributed by atoms with van der Waals surface area (Å²) in [7, 11) is 1.58. The van der Waals surface area contributed by atoms with Gasteiger partial charge in [-0.25, -0.2) is 0 Å². The zero-order chi connectivity index (χ0) is 17.7. The maximum absolute atomic E-state index is 12.4. The van der Waals surface area contributed by atoms with Crippen LogP contribution in [0.15, 0.2) is 26.7 Å². The standard InChI is InChI=1S/C18H20Br2N2O2/c1-11-5-3-4-6-16(11)22-18(23)13(10-21)7-12-8-14(19)17(24-2)15(20)9-12/h7-9,11,16H,3-6H2,1-2H3,(H,22,23). The molecule has 1 aliphatic carbocycles. The van der Waals surface area contributed by atoms with Crippen LogP contribution in [-0.2, 0) is 4.79 Å². The molecule has 1 aliphatic rings. The van der Waals surface area contributed by atoms with E-state index in [1.807, 2.05) is 18.2 Å². The fourth-order valence-electron chi connectivity index (χ4n) is 2.95. The Labute approximate surface area is 159 Å². The second kappa shape index (κ2) is 8.68. The van der Waals surface area contributed by atoms with Crippen molar-refractivity contribution in [3.63, 3.8) is 0 Å². The zero-order valence-corrected chi connectivity index (χ0v) is 16.9. The van der Waals surface area contributed by atoms with Crippen molar-refractivity contribution in [2.75, 3.05) is 7.11 Å². The zero-order valence-electron chi connectivity index (χ0n) is 13.7. The van der Waals surface area contributed by atoms with Crippen LogP contribution < -0.4 is 10.1 Å². The summed E-state index contributed by atoms with van der Waals surface area (Å²) in [5.74, 6) is 0.817. The third kappa shape index (κ3) is 4.61. The molecule has 0 spiro atoms. The average molecular weight is 456 g/mol. The van der Waals surface area contributed by atoms with Crippen LogP contribution in [0.4, 0.5) is 0 Å². The summed E-state index contributed by atoms with van der Waals surface area (Å²) in [5, 5.41) is 12.4.